The summed E-state index contributed by atoms with van der Waals surface area (Å²) in [6, 6.07) is 9.93. The van der Waals surface area contributed by atoms with Gasteiger partial charge in [0.15, 0.2) is 5.69 Å². The van der Waals surface area contributed by atoms with Crippen LogP contribution in [-0.2, 0) is 4.74 Å². The van der Waals surface area contributed by atoms with Crippen LogP contribution >= 0.6 is 0 Å². The van der Waals surface area contributed by atoms with Crippen molar-refractivity contribution in [2.75, 3.05) is 19.0 Å². The maximum atomic E-state index is 9.23. The van der Waals surface area contributed by atoms with Crippen LogP contribution in [0.4, 0.5) is 5.69 Å². The SMILES string of the molecule is CCCC(COC)Nc1c(C#N)nnc2ccccc12. The molecule has 5 nitrogen and oxygen atoms in total. The Hall–Kier alpha value is -2.19. The molecule has 0 aliphatic heterocycles. The lowest BCUT2D eigenvalue weighted by Crippen LogP contribution is -2.25. The van der Waals surface area contributed by atoms with E-state index in [0.29, 0.717) is 12.3 Å². The van der Waals surface area contributed by atoms with Crippen molar-refractivity contribution in [1.29, 1.82) is 5.26 Å². The van der Waals surface area contributed by atoms with Crippen LogP contribution in [0.3, 0.4) is 0 Å². The van der Waals surface area contributed by atoms with E-state index < -0.39 is 0 Å². The van der Waals surface area contributed by atoms with E-state index in [1.807, 2.05) is 24.3 Å². The van der Waals surface area contributed by atoms with Crippen LogP contribution in [0.2, 0.25) is 0 Å². The van der Waals surface area contributed by atoms with E-state index in [4.69, 9.17) is 4.74 Å². The molecule has 20 heavy (non-hydrogen) atoms. The molecule has 0 amide bonds. The normalized spacial score (nSPS) is 12.1. The summed E-state index contributed by atoms with van der Waals surface area (Å²) in [6.07, 6.45) is 2.01. The van der Waals surface area contributed by atoms with Gasteiger partial charge in [-0.2, -0.15) is 5.26 Å². The Bertz CT molecular complexity index is 615. The van der Waals surface area contributed by atoms with Crippen LogP contribution in [0.5, 0.6) is 0 Å². The number of nitrogens with one attached hydrogen (secondary N) is 1. The molecule has 1 N–H and O–H groups in total. The van der Waals surface area contributed by atoms with Crippen molar-refractivity contribution in [2.45, 2.75) is 25.8 Å². The van der Waals surface area contributed by atoms with Crippen LogP contribution in [0.15, 0.2) is 24.3 Å². The molecule has 0 aliphatic rings. The number of benzene rings is 1. The van der Waals surface area contributed by atoms with Gasteiger partial charge in [0, 0.05) is 18.5 Å². The van der Waals surface area contributed by atoms with Crippen molar-refractivity contribution >= 4 is 16.6 Å². The molecule has 1 aromatic heterocycles. The Labute approximate surface area is 118 Å². The van der Waals surface area contributed by atoms with Crippen molar-refractivity contribution in [2.24, 2.45) is 0 Å². The Balaban J connectivity index is 2.42. The first-order valence-corrected chi connectivity index (χ1v) is 6.71. The zero-order valence-corrected chi connectivity index (χ0v) is 11.8. The van der Waals surface area contributed by atoms with E-state index in [1.165, 1.54) is 0 Å². The second kappa shape index (κ2) is 6.83. The summed E-state index contributed by atoms with van der Waals surface area (Å²) in [5, 5.41) is 21.6. The average Bonchev–Trinajstić information content (AvgIpc) is 2.48. The minimum atomic E-state index is 0.157. The maximum absolute atomic E-state index is 9.23. The van der Waals surface area contributed by atoms with Gasteiger partial charge in [-0.05, 0) is 12.5 Å². The van der Waals surface area contributed by atoms with Gasteiger partial charge in [-0.1, -0.05) is 31.5 Å². The number of anilines is 1. The van der Waals surface area contributed by atoms with Crippen molar-refractivity contribution in [1.82, 2.24) is 10.2 Å². The average molecular weight is 270 g/mol. The third-order valence-electron chi connectivity index (χ3n) is 3.13. The van der Waals surface area contributed by atoms with Gasteiger partial charge in [0.2, 0.25) is 0 Å². The molecular weight excluding hydrogens is 252 g/mol. The Morgan fingerprint density at radius 1 is 1.35 bits per heavy atom. The highest BCUT2D eigenvalue weighted by Gasteiger charge is 2.14. The van der Waals surface area contributed by atoms with Crippen LogP contribution in [-0.4, -0.2) is 30.0 Å². The predicted octanol–water partition coefficient (Wildman–Crippen LogP) is 2.73. The maximum Gasteiger partial charge on any atom is 0.186 e. The number of nitrogens with zero attached hydrogens (tertiary/aromatic N) is 3. The van der Waals surface area contributed by atoms with Crippen LogP contribution in [0.25, 0.3) is 10.9 Å². The number of rotatable bonds is 6. The molecule has 0 saturated carbocycles. The van der Waals surface area contributed by atoms with Gasteiger partial charge in [0.25, 0.3) is 0 Å². The Morgan fingerprint density at radius 3 is 2.85 bits per heavy atom. The molecule has 0 radical (unpaired) electrons. The molecule has 0 fully saturated rings. The van der Waals surface area contributed by atoms with E-state index in [2.05, 4.69) is 28.5 Å². The van der Waals surface area contributed by atoms with E-state index >= 15 is 0 Å². The fourth-order valence-corrected chi connectivity index (χ4v) is 2.23. The number of hydrogen-bond donors (Lipinski definition) is 1. The van der Waals surface area contributed by atoms with Gasteiger partial charge >= 0.3 is 0 Å². The van der Waals surface area contributed by atoms with Gasteiger partial charge in [-0.15, -0.1) is 10.2 Å². The molecule has 5 heteroatoms. The van der Waals surface area contributed by atoms with Crippen LogP contribution < -0.4 is 5.32 Å². The monoisotopic (exact) mass is 270 g/mol. The fourth-order valence-electron chi connectivity index (χ4n) is 2.23. The highest BCUT2D eigenvalue weighted by molar-refractivity contribution is 5.92. The molecule has 1 unspecified atom stereocenters. The summed E-state index contributed by atoms with van der Waals surface area (Å²) in [5.74, 6) is 0. The lowest BCUT2D eigenvalue weighted by atomic mass is 10.1. The first-order valence-electron chi connectivity index (χ1n) is 6.71. The molecule has 1 heterocycles. The van der Waals surface area contributed by atoms with Crippen LogP contribution in [0.1, 0.15) is 25.5 Å². The second-order valence-corrected chi connectivity index (χ2v) is 4.64. The molecule has 0 saturated heterocycles. The number of nitriles is 1. The summed E-state index contributed by atoms with van der Waals surface area (Å²) in [4.78, 5) is 0. The largest absolute Gasteiger partial charge is 0.383 e. The molecule has 0 bridgehead atoms. The molecule has 104 valence electrons. The molecule has 0 spiro atoms. The van der Waals surface area contributed by atoms with Crippen LogP contribution in [0, 0.1) is 11.3 Å². The van der Waals surface area contributed by atoms with E-state index in [-0.39, 0.29) is 6.04 Å². The molecule has 1 aromatic carbocycles. The van der Waals surface area contributed by atoms with Crippen molar-refractivity contribution in [3.63, 3.8) is 0 Å². The zero-order valence-electron chi connectivity index (χ0n) is 11.8. The second-order valence-electron chi connectivity index (χ2n) is 4.64. The van der Waals surface area contributed by atoms with Gasteiger partial charge in [-0.3, -0.25) is 0 Å². The number of hydrogen-bond acceptors (Lipinski definition) is 5. The highest BCUT2D eigenvalue weighted by Crippen LogP contribution is 2.25. The topological polar surface area (TPSA) is 70.8 Å². The number of methoxy groups -OCH3 is 1. The van der Waals surface area contributed by atoms with Gasteiger partial charge < -0.3 is 10.1 Å². The lowest BCUT2D eigenvalue weighted by Gasteiger charge is -2.19. The number of fused-ring (bicyclic) bond motifs is 1. The quantitative estimate of drug-likeness (QED) is 0.873. The first kappa shape index (κ1) is 14.2. The number of ether oxygens (including phenoxy) is 1. The van der Waals surface area contributed by atoms with E-state index in [9.17, 15) is 5.26 Å². The fraction of sp³-hybridized carbons (Fsp3) is 0.400. The lowest BCUT2D eigenvalue weighted by molar-refractivity contribution is 0.182. The summed E-state index contributed by atoms with van der Waals surface area (Å²) < 4.78 is 5.23. The zero-order chi connectivity index (χ0) is 14.4. The smallest absolute Gasteiger partial charge is 0.186 e. The van der Waals surface area contributed by atoms with E-state index in [1.54, 1.807) is 7.11 Å². The van der Waals surface area contributed by atoms with Gasteiger partial charge in [0.05, 0.1) is 17.8 Å². The van der Waals surface area contributed by atoms with Crippen molar-refractivity contribution < 1.29 is 4.74 Å². The van der Waals surface area contributed by atoms with Crippen molar-refractivity contribution in [3.8, 4) is 6.07 Å². The summed E-state index contributed by atoms with van der Waals surface area (Å²) in [5.41, 5.74) is 1.84. The number of aromatic nitrogens is 2. The van der Waals surface area contributed by atoms with Crippen molar-refractivity contribution in [3.05, 3.63) is 30.0 Å². The Morgan fingerprint density at radius 2 is 2.15 bits per heavy atom. The summed E-state index contributed by atoms with van der Waals surface area (Å²) in [6.45, 7) is 2.72. The molecule has 0 aliphatic carbocycles. The first-order chi connectivity index (χ1) is 9.80. The highest BCUT2D eigenvalue weighted by atomic mass is 16.5. The third-order valence-corrected chi connectivity index (χ3v) is 3.13. The summed E-state index contributed by atoms with van der Waals surface area (Å²) >= 11 is 0. The Kier molecular flexibility index (Phi) is 4.85. The minimum Gasteiger partial charge on any atom is -0.383 e. The summed E-state index contributed by atoms with van der Waals surface area (Å²) in [7, 11) is 1.68. The molecule has 2 rings (SSSR count). The molecule has 1 atom stereocenters. The van der Waals surface area contributed by atoms with Gasteiger partial charge in [0.1, 0.15) is 6.07 Å². The minimum absolute atomic E-state index is 0.157. The third kappa shape index (κ3) is 3.03. The molecule has 2 aromatic rings. The van der Waals surface area contributed by atoms with Gasteiger partial charge in [-0.25, -0.2) is 0 Å². The predicted molar refractivity (Wildman–Crippen MR) is 78.4 cm³/mol. The van der Waals surface area contributed by atoms with E-state index in [0.717, 1.165) is 29.4 Å². The molecular formula is C15H18N4O. The standard InChI is InChI=1S/C15H18N4O/c1-3-6-11(10-20-2)17-15-12-7-4-5-8-13(12)18-19-14(15)9-16/h4-5,7-8,11H,3,6,10H2,1-2H3,(H,17,18).